The monoisotopic (exact) mass is 352 g/mol. The third-order valence-electron chi connectivity index (χ3n) is 4.97. The van der Waals surface area contributed by atoms with Gasteiger partial charge in [-0.15, -0.1) is 0 Å². The largest absolute Gasteiger partial charge is 0.484 e. The molecular weight excluding hydrogens is 324 g/mol. The van der Waals surface area contributed by atoms with Crippen LogP contribution in [0.25, 0.3) is 0 Å². The Morgan fingerprint density at radius 3 is 2.04 bits per heavy atom. The average molecular weight is 352 g/mol. The molecule has 4 nitrogen and oxygen atoms in total. The van der Waals surface area contributed by atoms with Gasteiger partial charge in [0.1, 0.15) is 5.75 Å². The van der Waals surface area contributed by atoms with Crippen LogP contribution in [0.1, 0.15) is 22.3 Å². The Labute approximate surface area is 156 Å². The van der Waals surface area contributed by atoms with Gasteiger partial charge in [0, 0.05) is 31.9 Å². The quantitative estimate of drug-likeness (QED) is 0.842. The zero-order chi connectivity index (χ0) is 18.7. The second-order valence-corrected chi connectivity index (χ2v) is 7.22. The maximum absolute atomic E-state index is 12.4. The molecule has 2 aromatic rings. The van der Waals surface area contributed by atoms with E-state index < -0.39 is 0 Å². The molecule has 1 aliphatic heterocycles. The van der Waals surface area contributed by atoms with Gasteiger partial charge in [-0.05, 0) is 51.0 Å². The molecule has 0 atom stereocenters. The molecule has 0 radical (unpaired) electrons. The number of benzene rings is 2. The van der Waals surface area contributed by atoms with Crippen LogP contribution in [0.2, 0.25) is 0 Å². The first-order chi connectivity index (χ1) is 12.4. The summed E-state index contributed by atoms with van der Waals surface area (Å²) in [5.41, 5.74) is 6.42. The van der Waals surface area contributed by atoms with E-state index in [0.717, 1.165) is 31.9 Å². The van der Waals surface area contributed by atoms with Crippen LogP contribution in [-0.2, 0) is 4.79 Å². The molecular formula is C22H28N2O2. The van der Waals surface area contributed by atoms with Gasteiger partial charge in [0.05, 0.1) is 0 Å². The molecule has 1 fully saturated rings. The molecule has 0 N–H and O–H groups in total. The molecule has 0 bridgehead atoms. The van der Waals surface area contributed by atoms with Crippen LogP contribution in [0.5, 0.6) is 5.75 Å². The van der Waals surface area contributed by atoms with Gasteiger partial charge in [-0.2, -0.15) is 0 Å². The van der Waals surface area contributed by atoms with Crippen LogP contribution in [-0.4, -0.2) is 43.6 Å². The highest BCUT2D eigenvalue weighted by Crippen LogP contribution is 2.27. The van der Waals surface area contributed by atoms with Gasteiger partial charge < -0.3 is 14.5 Å². The summed E-state index contributed by atoms with van der Waals surface area (Å²) in [6.45, 7) is 11.8. The number of amides is 1. The number of piperazine rings is 1. The minimum Gasteiger partial charge on any atom is -0.484 e. The van der Waals surface area contributed by atoms with E-state index in [1.54, 1.807) is 0 Å². The fourth-order valence-corrected chi connectivity index (χ4v) is 3.72. The zero-order valence-electron chi connectivity index (χ0n) is 16.2. The summed E-state index contributed by atoms with van der Waals surface area (Å²) < 4.78 is 5.63. The lowest BCUT2D eigenvalue weighted by Crippen LogP contribution is -2.50. The molecule has 1 amide bonds. The molecule has 0 aromatic heterocycles. The molecule has 0 spiro atoms. The van der Waals surface area contributed by atoms with Crippen LogP contribution in [0.15, 0.2) is 36.4 Å². The van der Waals surface area contributed by atoms with Crippen molar-refractivity contribution in [3.05, 3.63) is 58.7 Å². The highest BCUT2D eigenvalue weighted by molar-refractivity contribution is 5.78. The van der Waals surface area contributed by atoms with E-state index in [4.69, 9.17) is 4.74 Å². The Bertz CT molecular complexity index is 752. The molecule has 26 heavy (non-hydrogen) atoms. The Morgan fingerprint density at radius 2 is 1.46 bits per heavy atom. The smallest absolute Gasteiger partial charge is 0.260 e. The third kappa shape index (κ3) is 4.18. The molecule has 1 saturated heterocycles. The van der Waals surface area contributed by atoms with E-state index in [2.05, 4.69) is 37.8 Å². The van der Waals surface area contributed by atoms with Gasteiger partial charge in [-0.3, -0.25) is 4.79 Å². The van der Waals surface area contributed by atoms with Crippen molar-refractivity contribution in [2.45, 2.75) is 27.7 Å². The topological polar surface area (TPSA) is 32.8 Å². The van der Waals surface area contributed by atoms with Crippen molar-refractivity contribution in [3.8, 4) is 5.75 Å². The standard InChI is InChI=1S/C22H28N2O2/c1-16-5-7-20(8-6-16)26-15-21(25)23-9-11-24(12-10-23)22-18(3)13-17(2)14-19(22)4/h5-8,13-14H,9-12,15H2,1-4H3. The lowest BCUT2D eigenvalue weighted by atomic mass is 10.0. The maximum Gasteiger partial charge on any atom is 0.260 e. The summed E-state index contributed by atoms with van der Waals surface area (Å²) >= 11 is 0. The molecule has 0 unspecified atom stereocenters. The van der Waals surface area contributed by atoms with Crippen molar-refractivity contribution >= 4 is 11.6 Å². The Balaban J connectivity index is 1.55. The van der Waals surface area contributed by atoms with Gasteiger partial charge in [0.15, 0.2) is 6.61 Å². The summed E-state index contributed by atoms with van der Waals surface area (Å²) in [7, 11) is 0. The first kappa shape index (κ1) is 18.3. The van der Waals surface area contributed by atoms with E-state index in [1.165, 1.54) is 27.9 Å². The maximum atomic E-state index is 12.4. The predicted octanol–water partition coefficient (Wildman–Crippen LogP) is 3.65. The van der Waals surface area contributed by atoms with Crippen LogP contribution < -0.4 is 9.64 Å². The summed E-state index contributed by atoms with van der Waals surface area (Å²) in [5, 5.41) is 0. The number of nitrogens with zero attached hydrogens (tertiary/aromatic N) is 2. The molecule has 0 saturated carbocycles. The van der Waals surface area contributed by atoms with E-state index in [0.29, 0.717) is 0 Å². The Morgan fingerprint density at radius 1 is 0.885 bits per heavy atom. The van der Waals surface area contributed by atoms with Gasteiger partial charge in [0.25, 0.3) is 5.91 Å². The van der Waals surface area contributed by atoms with Crippen molar-refractivity contribution < 1.29 is 9.53 Å². The molecule has 1 aliphatic rings. The number of rotatable bonds is 4. The second-order valence-electron chi connectivity index (χ2n) is 7.22. The molecule has 3 rings (SSSR count). The fourth-order valence-electron chi connectivity index (χ4n) is 3.72. The number of carbonyl (C=O) groups excluding carboxylic acids is 1. The summed E-state index contributed by atoms with van der Waals surface area (Å²) in [5.74, 6) is 0.802. The van der Waals surface area contributed by atoms with Crippen molar-refractivity contribution in [1.82, 2.24) is 4.90 Å². The van der Waals surface area contributed by atoms with E-state index in [1.807, 2.05) is 36.1 Å². The number of aryl methyl sites for hydroxylation is 4. The number of anilines is 1. The van der Waals surface area contributed by atoms with E-state index >= 15 is 0 Å². The minimum absolute atomic E-state index is 0.0579. The van der Waals surface area contributed by atoms with Crippen molar-refractivity contribution in [2.75, 3.05) is 37.7 Å². The average Bonchev–Trinajstić information content (AvgIpc) is 2.61. The van der Waals surface area contributed by atoms with Crippen molar-refractivity contribution in [2.24, 2.45) is 0 Å². The molecule has 4 heteroatoms. The first-order valence-corrected chi connectivity index (χ1v) is 9.24. The van der Waals surface area contributed by atoms with Gasteiger partial charge in [0.2, 0.25) is 0 Å². The summed E-state index contributed by atoms with van der Waals surface area (Å²) in [6.07, 6.45) is 0. The number of ether oxygens (including phenoxy) is 1. The molecule has 0 aliphatic carbocycles. The van der Waals surface area contributed by atoms with Crippen LogP contribution in [0, 0.1) is 27.7 Å². The molecule has 1 heterocycles. The van der Waals surface area contributed by atoms with Gasteiger partial charge >= 0.3 is 0 Å². The van der Waals surface area contributed by atoms with Gasteiger partial charge in [-0.25, -0.2) is 0 Å². The van der Waals surface area contributed by atoms with Crippen molar-refractivity contribution in [1.29, 1.82) is 0 Å². The SMILES string of the molecule is Cc1ccc(OCC(=O)N2CCN(c3c(C)cc(C)cc3C)CC2)cc1. The second kappa shape index (κ2) is 7.81. The van der Waals surface area contributed by atoms with Crippen LogP contribution >= 0.6 is 0 Å². The Hall–Kier alpha value is -2.49. The minimum atomic E-state index is 0.0579. The molecule has 138 valence electrons. The first-order valence-electron chi connectivity index (χ1n) is 9.24. The fraction of sp³-hybridized carbons (Fsp3) is 0.409. The van der Waals surface area contributed by atoms with E-state index in [9.17, 15) is 4.79 Å². The predicted molar refractivity (Wildman–Crippen MR) is 106 cm³/mol. The Kier molecular flexibility index (Phi) is 5.50. The highest BCUT2D eigenvalue weighted by atomic mass is 16.5. The van der Waals surface area contributed by atoms with Crippen LogP contribution in [0.4, 0.5) is 5.69 Å². The molecule has 2 aromatic carbocycles. The van der Waals surface area contributed by atoms with Crippen LogP contribution in [0.3, 0.4) is 0 Å². The zero-order valence-corrected chi connectivity index (χ0v) is 16.2. The number of hydrogen-bond acceptors (Lipinski definition) is 3. The summed E-state index contributed by atoms with van der Waals surface area (Å²) in [4.78, 5) is 16.7. The van der Waals surface area contributed by atoms with Gasteiger partial charge in [-0.1, -0.05) is 35.4 Å². The third-order valence-corrected chi connectivity index (χ3v) is 4.97. The number of hydrogen-bond donors (Lipinski definition) is 0. The lowest BCUT2D eigenvalue weighted by Gasteiger charge is -2.37. The highest BCUT2D eigenvalue weighted by Gasteiger charge is 2.23. The normalized spacial score (nSPS) is 14.5. The van der Waals surface area contributed by atoms with Crippen molar-refractivity contribution in [3.63, 3.8) is 0 Å². The lowest BCUT2D eigenvalue weighted by molar-refractivity contribution is -0.133. The van der Waals surface area contributed by atoms with E-state index in [-0.39, 0.29) is 12.5 Å². The number of carbonyl (C=O) groups is 1. The summed E-state index contributed by atoms with van der Waals surface area (Å²) in [6, 6.07) is 12.3.